The van der Waals surface area contributed by atoms with Gasteiger partial charge in [-0.2, -0.15) is 0 Å². The molecule has 2 atom stereocenters. The van der Waals surface area contributed by atoms with E-state index in [1.54, 1.807) is 14.2 Å². The van der Waals surface area contributed by atoms with E-state index in [4.69, 9.17) is 21.1 Å². The van der Waals surface area contributed by atoms with Crippen LogP contribution in [0.4, 0.5) is 0 Å². The fraction of sp³-hybridized carbons (Fsp3) is 0.600. The van der Waals surface area contributed by atoms with Crippen molar-refractivity contribution in [2.75, 3.05) is 21.3 Å². The highest BCUT2D eigenvalue weighted by molar-refractivity contribution is 6.30. The van der Waals surface area contributed by atoms with E-state index in [1.165, 1.54) is 0 Å². The number of ether oxygens (including phenoxy) is 2. The van der Waals surface area contributed by atoms with Crippen LogP contribution in [0.2, 0.25) is 5.02 Å². The second kappa shape index (κ2) is 8.41. The van der Waals surface area contributed by atoms with Crippen LogP contribution in [0.1, 0.15) is 25.3 Å². The van der Waals surface area contributed by atoms with Gasteiger partial charge >= 0.3 is 0 Å². The van der Waals surface area contributed by atoms with Crippen molar-refractivity contribution in [3.05, 3.63) is 28.8 Å². The van der Waals surface area contributed by atoms with Crippen molar-refractivity contribution in [3.8, 4) is 5.75 Å². The molecule has 0 spiro atoms. The number of hydrogen-bond acceptors (Lipinski definition) is 3. The predicted octanol–water partition coefficient (Wildman–Crippen LogP) is 3.29. The predicted molar refractivity (Wildman–Crippen MR) is 80.3 cm³/mol. The summed E-state index contributed by atoms with van der Waals surface area (Å²) >= 11 is 6.07. The van der Waals surface area contributed by atoms with E-state index in [0.29, 0.717) is 0 Å². The Bertz CT molecular complexity index is 384. The second-order valence-electron chi connectivity index (χ2n) is 4.62. The minimum Gasteiger partial charge on any atom is -0.496 e. The lowest BCUT2D eigenvalue weighted by molar-refractivity contribution is 0.0631. The number of methoxy groups -OCH3 is 2. The molecule has 0 fully saturated rings. The molecule has 0 heterocycles. The largest absolute Gasteiger partial charge is 0.496 e. The van der Waals surface area contributed by atoms with Crippen LogP contribution in [0.3, 0.4) is 0 Å². The van der Waals surface area contributed by atoms with E-state index in [0.717, 1.165) is 35.6 Å². The van der Waals surface area contributed by atoms with E-state index in [9.17, 15) is 0 Å². The fourth-order valence-electron chi connectivity index (χ4n) is 2.33. The van der Waals surface area contributed by atoms with Gasteiger partial charge in [0.1, 0.15) is 5.75 Å². The molecule has 2 unspecified atom stereocenters. The number of halogens is 1. The lowest BCUT2D eigenvalue weighted by Gasteiger charge is -2.26. The van der Waals surface area contributed by atoms with E-state index in [2.05, 4.69) is 12.2 Å². The Morgan fingerprint density at radius 2 is 2.05 bits per heavy atom. The minimum atomic E-state index is 0.193. The molecule has 1 aromatic rings. The Hall–Kier alpha value is -0.770. The van der Waals surface area contributed by atoms with Gasteiger partial charge in [0.25, 0.3) is 0 Å². The van der Waals surface area contributed by atoms with Gasteiger partial charge in [-0.3, -0.25) is 0 Å². The quantitative estimate of drug-likeness (QED) is 0.795. The van der Waals surface area contributed by atoms with Gasteiger partial charge in [0.05, 0.1) is 13.2 Å². The zero-order valence-electron chi connectivity index (χ0n) is 12.2. The summed E-state index contributed by atoms with van der Waals surface area (Å²) in [6, 6.07) is 5.96. The lowest BCUT2D eigenvalue weighted by atomic mass is 9.98. The Morgan fingerprint density at radius 1 is 1.32 bits per heavy atom. The number of hydrogen-bond donors (Lipinski definition) is 1. The van der Waals surface area contributed by atoms with E-state index < -0.39 is 0 Å². The molecule has 108 valence electrons. The third-order valence-corrected chi connectivity index (χ3v) is 3.61. The molecule has 0 aromatic heterocycles. The molecular weight excluding hydrogens is 262 g/mol. The molecule has 1 N–H and O–H groups in total. The maximum absolute atomic E-state index is 6.07. The van der Waals surface area contributed by atoms with Crippen molar-refractivity contribution in [2.24, 2.45) is 0 Å². The molecule has 0 aliphatic carbocycles. The van der Waals surface area contributed by atoms with Crippen molar-refractivity contribution in [1.29, 1.82) is 0 Å². The normalized spacial score (nSPS) is 14.2. The van der Waals surface area contributed by atoms with Gasteiger partial charge in [0, 0.05) is 18.2 Å². The summed E-state index contributed by atoms with van der Waals surface area (Å²) in [5.74, 6) is 0.871. The molecule has 0 saturated carbocycles. The average Bonchev–Trinajstić information content (AvgIpc) is 2.42. The lowest BCUT2D eigenvalue weighted by Crippen LogP contribution is -2.40. The third kappa shape index (κ3) is 4.68. The molecule has 0 saturated heterocycles. The molecule has 3 nitrogen and oxygen atoms in total. The molecule has 1 aromatic carbocycles. The topological polar surface area (TPSA) is 30.5 Å². The summed E-state index contributed by atoms with van der Waals surface area (Å²) < 4.78 is 11.0. The molecule has 0 radical (unpaired) electrons. The van der Waals surface area contributed by atoms with Gasteiger partial charge in [-0.15, -0.1) is 0 Å². The fourth-order valence-corrected chi connectivity index (χ4v) is 2.53. The van der Waals surface area contributed by atoms with Crippen LogP contribution < -0.4 is 10.1 Å². The van der Waals surface area contributed by atoms with Crippen molar-refractivity contribution < 1.29 is 9.47 Å². The standard InChI is InChI=1S/C15H24ClNO2/c1-5-6-15(19-4)13(17-2)10-11-9-12(16)7-8-14(11)18-3/h7-9,13,15,17H,5-6,10H2,1-4H3. The molecule has 0 amide bonds. The maximum Gasteiger partial charge on any atom is 0.122 e. The van der Waals surface area contributed by atoms with Crippen LogP contribution in [0, 0.1) is 0 Å². The van der Waals surface area contributed by atoms with Crippen molar-refractivity contribution in [2.45, 2.75) is 38.3 Å². The van der Waals surface area contributed by atoms with Crippen LogP contribution >= 0.6 is 11.6 Å². The first-order chi connectivity index (χ1) is 9.15. The van der Waals surface area contributed by atoms with Crippen LogP contribution in [0.25, 0.3) is 0 Å². The molecule has 19 heavy (non-hydrogen) atoms. The molecule has 0 bridgehead atoms. The smallest absolute Gasteiger partial charge is 0.122 e. The van der Waals surface area contributed by atoms with Crippen LogP contribution in [0.5, 0.6) is 5.75 Å². The number of likely N-dealkylation sites (N-methyl/N-ethyl adjacent to an activating group) is 1. The number of rotatable bonds is 8. The Labute approximate surface area is 121 Å². The average molecular weight is 286 g/mol. The third-order valence-electron chi connectivity index (χ3n) is 3.38. The van der Waals surface area contributed by atoms with Gasteiger partial charge in [0.2, 0.25) is 0 Å². The highest BCUT2D eigenvalue weighted by atomic mass is 35.5. The molecule has 4 heteroatoms. The first-order valence-corrected chi connectivity index (χ1v) is 7.06. The number of benzene rings is 1. The van der Waals surface area contributed by atoms with E-state index in [1.807, 2.05) is 25.2 Å². The van der Waals surface area contributed by atoms with Crippen LogP contribution in [-0.2, 0) is 11.2 Å². The van der Waals surface area contributed by atoms with Crippen molar-refractivity contribution >= 4 is 11.6 Å². The summed E-state index contributed by atoms with van der Waals surface area (Å²) in [6.45, 7) is 2.17. The zero-order valence-corrected chi connectivity index (χ0v) is 13.0. The summed E-state index contributed by atoms with van der Waals surface area (Å²) in [5.41, 5.74) is 1.10. The first-order valence-electron chi connectivity index (χ1n) is 6.68. The highest BCUT2D eigenvalue weighted by Gasteiger charge is 2.20. The molecular formula is C15H24ClNO2. The summed E-state index contributed by atoms with van der Waals surface area (Å²) in [6.07, 6.45) is 3.16. The first kappa shape index (κ1) is 16.3. The summed E-state index contributed by atoms with van der Waals surface area (Å²) in [7, 11) is 5.41. The molecule has 1 rings (SSSR count). The minimum absolute atomic E-state index is 0.193. The van der Waals surface area contributed by atoms with Gasteiger partial charge in [-0.05, 0) is 43.7 Å². The van der Waals surface area contributed by atoms with Crippen LogP contribution in [-0.4, -0.2) is 33.4 Å². The van der Waals surface area contributed by atoms with Gasteiger partial charge in [-0.1, -0.05) is 24.9 Å². The van der Waals surface area contributed by atoms with Crippen molar-refractivity contribution in [3.63, 3.8) is 0 Å². The SMILES string of the molecule is CCCC(OC)C(Cc1cc(Cl)ccc1OC)NC. The Balaban J connectivity index is 2.87. The van der Waals surface area contributed by atoms with Gasteiger partial charge in [0.15, 0.2) is 0 Å². The zero-order chi connectivity index (χ0) is 14.3. The van der Waals surface area contributed by atoms with E-state index >= 15 is 0 Å². The van der Waals surface area contributed by atoms with Crippen LogP contribution in [0.15, 0.2) is 18.2 Å². The second-order valence-corrected chi connectivity index (χ2v) is 5.05. The Kier molecular flexibility index (Phi) is 7.21. The Morgan fingerprint density at radius 3 is 2.58 bits per heavy atom. The highest BCUT2D eigenvalue weighted by Crippen LogP contribution is 2.25. The molecule has 0 aliphatic rings. The van der Waals surface area contributed by atoms with Gasteiger partial charge < -0.3 is 14.8 Å². The van der Waals surface area contributed by atoms with E-state index in [-0.39, 0.29) is 12.1 Å². The van der Waals surface area contributed by atoms with Gasteiger partial charge in [-0.25, -0.2) is 0 Å². The summed E-state index contributed by atoms with van der Waals surface area (Å²) in [4.78, 5) is 0. The van der Waals surface area contributed by atoms with Crippen molar-refractivity contribution in [1.82, 2.24) is 5.32 Å². The summed E-state index contributed by atoms with van der Waals surface area (Å²) in [5, 5.41) is 4.07. The monoisotopic (exact) mass is 285 g/mol. The maximum atomic E-state index is 6.07. The number of nitrogens with one attached hydrogen (secondary N) is 1. The molecule has 0 aliphatic heterocycles.